The number of amides is 1. The molecule has 114 valence electrons. The summed E-state index contributed by atoms with van der Waals surface area (Å²) in [6, 6.07) is 9.96. The van der Waals surface area contributed by atoms with Gasteiger partial charge >= 0.3 is 6.09 Å². The normalized spacial score (nSPS) is 22.1. The minimum atomic E-state index is -0.239. The van der Waals surface area contributed by atoms with Crippen molar-refractivity contribution < 1.29 is 14.3 Å². The molecule has 1 aromatic carbocycles. The van der Waals surface area contributed by atoms with E-state index in [2.05, 4.69) is 5.32 Å². The number of piperazine rings is 1. The Hall–Kier alpha value is -1.59. The van der Waals surface area contributed by atoms with Crippen LogP contribution >= 0.6 is 0 Å². The Morgan fingerprint density at radius 2 is 2.10 bits per heavy atom. The molecule has 1 aromatic rings. The Kier molecular flexibility index (Phi) is 4.72. The van der Waals surface area contributed by atoms with E-state index >= 15 is 0 Å². The Balaban J connectivity index is 1.42. The lowest BCUT2D eigenvalue weighted by Crippen LogP contribution is -2.54. The molecule has 1 saturated heterocycles. The number of hydrogen-bond donors (Lipinski definition) is 1. The average molecular weight is 290 g/mol. The van der Waals surface area contributed by atoms with Crippen LogP contribution in [0.1, 0.15) is 18.4 Å². The summed E-state index contributed by atoms with van der Waals surface area (Å²) in [5, 5.41) is 3.39. The van der Waals surface area contributed by atoms with Crippen LogP contribution in [0.15, 0.2) is 30.3 Å². The van der Waals surface area contributed by atoms with E-state index < -0.39 is 0 Å². The first-order chi connectivity index (χ1) is 10.3. The van der Waals surface area contributed by atoms with Gasteiger partial charge in [-0.2, -0.15) is 0 Å². The van der Waals surface area contributed by atoms with Crippen LogP contribution < -0.4 is 5.32 Å². The highest BCUT2D eigenvalue weighted by atomic mass is 16.6. The summed E-state index contributed by atoms with van der Waals surface area (Å²) in [4.78, 5) is 13.9. The number of nitrogens with one attached hydrogen (secondary N) is 1. The highest BCUT2D eigenvalue weighted by Crippen LogP contribution is 2.23. The zero-order valence-corrected chi connectivity index (χ0v) is 12.2. The summed E-state index contributed by atoms with van der Waals surface area (Å²) < 4.78 is 11.1. The minimum Gasteiger partial charge on any atom is -0.445 e. The predicted molar refractivity (Wildman–Crippen MR) is 79.0 cm³/mol. The zero-order valence-electron chi connectivity index (χ0n) is 12.2. The smallest absolute Gasteiger partial charge is 0.410 e. The van der Waals surface area contributed by atoms with Crippen LogP contribution in [0.25, 0.3) is 0 Å². The fraction of sp³-hybridized carbons (Fsp3) is 0.562. The highest BCUT2D eigenvalue weighted by Gasteiger charge is 2.27. The molecule has 21 heavy (non-hydrogen) atoms. The van der Waals surface area contributed by atoms with Crippen molar-refractivity contribution in [1.29, 1.82) is 0 Å². The molecule has 1 amide bonds. The van der Waals surface area contributed by atoms with Crippen molar-refractivity contribution in [2.24, 2.45) is 0 Å². The Morgan fingerprint density at radius 3 is 2.86 bits per heavy atom. The van der Waals surface area contributed by atoms with Gasteiger partial charge in [-0.15, -0.1) is 0 Å². The Morgan fingerprint density at radius 1 is 1.29 bits per heavy atom. The summed E-state index contributed by atoms with van der Waals surface area (Å²) in [5.74, 6) is 0. The molecule has 0 radical (unpaired) electrons. The monoisotopic (exact) mass is 290 g/mol. The summed E-state index contributed by atoms with van der Waals surface area (Å²) in [6.45, 7) is 3.13. The summed E-state index contributed by atoms with van der Waals surface area (Å²) >= 11 is 0. The minimum absolute atomic E-state index is 0.212. The molecule has 2 fully saturated rings. The first-order valence-corrected chi connectivity index (χ1v) is 7.62. The predicted octanol–water partition coefficient (Wildman–Crippen LogP) is 1.78. The third-order valence-electron chi connectivity index (χ3n) is 3.78. The van der Waals surface area contributed by atoms with E-state index in [9.17, 15) is 4.79 Å². The number of carbonyl (C=O) groups is 1. The molecule has 5 nitrogen and oxygen atoms in total. The maximum absolute atomic E-state index is 12.1. The Labute approximate surface area is 125 Å². The van der Waals surface area contributed by atoms with Crippen molar-refractivity contribution in [2.45, 2.75) is 31.6 Å². The largest absolute Gasteiger partial charge is 0.445 e. The van der Waals surface area contributed by atoms with Gasteiger partial charge in [0.25, 0.3) is 0 Å². The van der Waals surface area contributed by atoms with Gasteiger partial charge in [-0.05, 0) is 18.4 Å². The van der Waals surface area contributed by atoms with E-state index in [-0.39, 0.29) is 12.1 Å². The fourth-order valence-corrected chi connectivity index (χ4v) is 2.40. The van der Waals surface area contributed by atoms with Gasteiger partial charge in [-0.1, -0.05) is 30.3 Å². The second-order valence-electron chi connectivity index (χ2n) is 5.67. The van der Waals surface area contributed by atoms with Gasteiger partial charge in [0, 0.05) is 25.7 Å². The molecule has 1 unspecified atom stereocenters. The van der Waals surface area contributed by atoms with Crippen LogP contribution in [0.5, 0.6) is 0 Å². The lowest BCUT2D eigenvalue weighted by molar-refractivity contribution is 0.0558. The van der Waals surface area contributed by atoms with Gasteiger partial charge in [0.15, 0.2) is 0 Å². The molecule has 1 atom stereocenters. The first-order valence-electron chi connectivity index (χ1n) is 7.62. The van der Waals surface area contributed by atoms with Gasteiger partial charge < -0.3 is 19.7 Å². The summed E-state index contributed by atoms with van der Waals surface area (Å²) in [5.41, 5.74) is 1.01. The van der Waals surface area contributed by atoms with E-state index in [1.807, 2.05) is 30.3 Å². The first kappa shape index (κ1) is 14.4. The van der Waals surface area contributed by atoms with Crippen LogP contribution in [-0.4, -0.2) is 49.4 Å². The van der Waals surface area contributed by atoms with E-state index in [4.69, 9.17) is 9.47 Å². The molecular weight excluding hydrogens is 268 g/mol. The molecule has 3 rings (SSSR count). The van der Waals surface area contributed by atoms with Crippen LogP contribution in [0.4, 0.5) is 4.79 Å². The Bertz CT molecular complexity index is 462. The SMILES string of the molecule is O=C(OCc1ccccc1)N1CCNC(COC2CC2)C1. The maximum atomic E-state index is 12.1. The average Bonchev–Trinajstić information content (AvgIpc) is 3.36. The molecule has 1 N–H and O–H groups in total. The topological polar surface area (TPSA) is 50.8 Å². The lowest BCUT2D eigenvalue weighted by atomic mass is 10.2. The van der Waals surface area contributed by atoms with Gasteiger partial charge in [-0.3, -0.25) is 0 Å². The molecule has 0 bridgehead atoms. The number of rotatable bonds is 5. The van der Waals surface area contributed by atoms with Crippen LogP contribution in [-0.2, 0) is 16.1 Å². The standard InChI is InChI=1S/C16H22N2O3/c19-16(21-11-13-4-2-1-3-5-13)18-9-8-17-14(10-18)12-20-15-6-7-15/h1-5,14-15,17H,6-12H2. The molecule has 1 saturated carbocycles. The van der Waals surface area contributed by atoms with Crippen molar-refractivity contribution in [1.82, 2.24) is 10.2 Å². The number of benzene rings is 1. The molecule has 0 spiro atoms. The molecule has 0 aromatic heterocycles. The number of carbonyl (C=O) groups excluding carboxylic acids is 1. The second-order valence-corrected chi connectivity index (χ2v) is 5.67. The molecule has 5 heteroatoms. The van der Waals surface area contributed by atoms with Crippen molar-refractivity contribution in [3.63, 3.8) is 0 Å². The number of nitrogens with zero attached hydrogens (tertiary/aromatic N) is 1. The van der Waals surface area contributed by atoms with Gasteiger partial charge in [0.2, 0.25) is 0 Å². The van der Waals surface area contributed by atoms with Crippen molar-refractivity contribution in [2.75, 3.05) is 26.2 Å². The summed E-state index contributed by atoms with van der Waals surface area (Å²) in [7, 11) is 0. The summed E-state index contributed by atoms with van der Waals surface area (Å²) in [6.07, 6.45) is 2.56. The van der Waals surface area contributed by atoms with E-state index in [0.29, 0.717) is 32.4 Å². The number of hydrogen-bond acceptors (Lipinski definition) is 4. The van der Waals surface area contributed by atoms with Crippen molar-refractivity contribution in [3.8, 4) is 0 Å². The second kappa shape index (κ2) is 6.91. The van der Waals surface area contributed by atoms with Gasteiger partial charge in [-0.25, -0.2) is 4.79 Å². The molecule has 1 aliphatic carbocycles. The zero-order chi connectivity index (χ0) is 14.5. The fourth-order valence-electron chi connectivity index (χ4n) is 2.40. The third kappa shape index (κ3) is 4.44. The number of ether oxygens (including phenoxy) is 2. The third-order valence-corrected chi connectivity index (χ3v) is 3.78. The van der Waals surface area contributed by atoms with E-state index in [1.54, 1.807) is 4.90 Å². The molecule has 1 heterocycles. The van der Waals surface area contributed by atoms with Crippen LogP contribution in [0.3, 0.4) is 0 Å². The van der Waals surface area contributed by atoms with Crippen LogP contribution in [0.2, 0.25) is 0 Å². The highest BCUT2D eigenvalue weighted by molar-refractivity contribution is 5.67. The molecule has 2 aliphatic rings. The molecule has 1 aliphatic heterocycles. The quantitative estimate of drug-likeness (QED) is 0.898. The van der Waals surface area contributed by atoms with E-state index in [1.165, 1.54) is 12.8 Å². The van der Waals surface area contributed by atoms with Crippen LogP contribution in [0, 0.1) is 0 Å². The van der Waals surface area contributed by atoms with Crippen molar-refractivity contribution >= 4 is 6.09 Å². The maximum Gasteiger partial charge on any atom is 0.410 e. The van der Waals surface area contributed by atoms with Crippen molar-refractivity contribution in [3.05, 3.63) is 35.9 Å². The lowest BCUT2D eigenvalue weighted by Gasteiger charge is -2.32. The molecular formula is C16H22N2O3. The van der Waals surface area contributed by atoms with Gasteiger partial charge in [0.1, 0.15) is 6.61 Å². The van der Waals surface area contributed by atoms with E-state index in [0.717, 1.165) is 12.1 Å². The van der Waals surface area contributed by atoms with Gasteiger partial charge in [0.05, 0.1) is 12.7 Å².